The molecule has 3 N–H and O–H groups in total. The number of carbonyl (C=O) groups excluding carboxylic acids is 1. The van der Waals surface area contributed by atoms with Crippen LogP contribution in [-0.4, -0.2) is 45.9 Å². The number of carbonyl (C=O) groups is 1. The lowest BCUT2D eigenvalue weighted by Gasteiger charge is -2.16. The first-order valence-electron chi connectivity index (χ1n) is 6.30. The quantitative estimate of drug-likeness (QED) is 0.722. The van der Waals surface area contributed by atoms with E-state index in [-0.39, 0.29) is 12.0 Å². The van der Waals surface area contributed by atoms with Crippen molar-refractivity contribution in [2.75, 3.05) is 33.9 Å². The lowest BCUT2D eigenvalue weighted by atomic mass is 10.0. The van der Waals surface area contributed by atoms with Crippen LogP contribution < -0.4 is 11.1 Å². The molecule has 0 saturated carbocycles. The molecule has 0 fully saturated rings. The van der Waals surface area contributed by atoms with Gasteiger partial charge in [0.15, 0.2) is 0 Å². The molecule has 0 bridgehead atoms. The lowest BCUT2D eigenvalue weighted by molar-refractivity contribution is 0.0285. The van der Waals surface area contributed by atoms with Crippen molar-refractivity contribution in [2.24, 2.45) is 5.73 Å². The first-order valence-corrected chi connectivity index (χ1v) is 6.30. The number of amides is 1. The molecule has 0 radical (unpaired) electrons. The smallest absolute Gasteiger partial charge is 0.251 e. The number of hydrogen-bond donors (Lipinski definition) is 2. The van der Waals surface area contributed by atoms with Gasteiger partial charge in [-0.3, -0.25) is 4.79 Å². The van der Waals surface area contributed by atoms with Crippen molar-refractivity contribution in [2.45, 2.75) is 12.5 Å². The fourth-order valence-electron chi connectivity index (χ4n) is 1.81. The van der Waals surface area contributed by atoms with Crippen molar-refractivity contribution < 1.29 is 14.3 Å². The summed E-state index contributed by atoms with van der Waals surface area (Å²) in [5.74, 6) is -0.109. The maximum absolute atomic E-state index is 12.1. The van der Waals surface area contributed by atoms with Crippen LogP contribution in [0.5, 0.6) is 0 Å². The normalized spacial score (nSPS) is 12.2. The van der Waals surface area contributed by atoms with Crippen molar-refractivity contribution >= 4 is 5.91 Å². The summed E-state index contributed by atoms with van der Waals surface area (Å²) in [5, 5.41) is 2.85. The van der Waals surface area contributed by atoms with Gasteiger partial charge in [-0.2, -0.15) is 0 Å². The van der Waals surface area contributed by atoms with Gasteiger partial charge in [-0.05, 0) is 24.6 Å². The highest BCUT2D eigenvalue weighted by molar-refractivity contribution is 5.95. The Labute approximate surface area is 114 Å². The van der Waals surface area contributed by atoms with Crippen LogP contribution in [0.4, 0.5) is 0 Å². The summed E-state index contributed by atoms with van der Waals surface area (Å²) in [4.78, 5) is 12.1. The Hall–Kier alpha value is -1.43. The highest BCUT2D eigenvalue weighted by atomic mass is 16.5. The predicted octanol–water partition coefficient (Wildman–Crippen LogP) is 0.579. The summed E-state index contributed by atoms with van der Waals surface area (Å²) in [6.07, 6.45) is 0.547. The number of ether oxygens (including phenoxy) is 2. The number of nitrogens with two attached hydrogens (primary N) is 1. The average Bonchev–Trinajstić information content (AvgIpc) is 2.44. The Morgan fingerprint density at radius 3 is 2.74 bits per heavy atom. The maximum atomic E-state index is 12.1. The van der Waals surface area contributed by atoms with Crippen molar-refractivity contribution in [3.8, 4) is 0 Å². The summed E-state index contributed by atoms with van der Waals surface area (Å²) in [6.45, 7) is 1.38. The van der Waals surface area contributed by atoms with Gasteiger partial charge >= 0.3 is 0 Å². The molecule has 0 heterocycles. The van der Waals surface area contributed by atoms with Gasteiger partial charge in [-0.25, -0.2) is 0 Å². The summed E-state index contributed by atoms with van der Waals surface area (Å²) >= 11 is 0. The zero-order valence-corrected chi connectivity index (χ0v) is 11.5. The van der Waals surface area contributed by atoms with Crippen LogP contribution >= 0.6 is 0 Å². The molecular formula is C14H22N2O3. The third-order valence-corrected chi connectivity index (χ3v) is 2.85. The van der Waals surface area contributed by atoms with E-state index in [0.29, 0.717) is 31.7 Å². The molecule has 1 aromatic rings. The molecule has 0 aliphatic rings. The Balaban J connectivity index is 2.62. The molecule has 5 nitrogen and oxygen atoms in total. The van der Waals surface area contributed by atoms with Gasteiger partial charge in [0.25, 0.3) is 5.91 Å². The van der Waals surface area contributed by atoms with Gasteiger partial charge < -0.3 is 20.5 Å². The predicted molar refractivity (Wildman–Crippen MR) is 74.2 cm³/mol. The largest absolute Gasteiger partial charge is 0.382 e. The van der Waals surface area contributed by atoms with E-state index in [1.54, 1.807) is 20.3 Å². The second-order valence-corrected chi connectivity index (χ2v) is 4.22. The van der Waals surface area contributed by atoms with Crippen LogP contribution in [0, 0.1) is 0 Å². The third-order valence-electron chi connectivity index (χ3n) is 2.85. The van der Waals surface area contributed by atoms with Crippen LogP contribution in [-0.2, 0) is 15.9 Å². The van der Waals surface area contributed by atoms with Gasteiger partial charge in [0, 0.05) is 26.3 Å². The van der Waals surface area contributed by atoms with Crippen molar-refractivity contribution in [3.05, 3.63) is 35.4 Å². The molecule has 0 spiro atoms. The number of nitrogens with one attached hydrogen (secondary N) is 1. The van der Waals surface area contributed by atoms with Crippen LogP contribution in [0.25, 0.3) is 0 Å². The van der Waals surface area contributed by atoms with Gasteiger partial charge in [-0.15, -0.1) is 0 Å². The monoisotopic (exact) mass is 266 g/mol. The third kappa shape index (κ3) is 4.98. The minimum atomic E-state index is -0.143. The first-order chi connectivity index (χ1) is 9.22. The fourth-order valence-corrected chi connectivity index (χ4v) is 1.81. The molecule has 19 heavy (non-hydrogen) atoms. The summed E-state index contributed by atoms with van der Waals surface area (Å²) in [5.41, 5.74) is 7.17. The SMILES string of the molecule is COCC(CNC(=O)c1ccccc1CCN)OC. The Bertz CT molecular complexity index is 396. The molecule has 1 unspecified atom stereocenters. The number of methoxy groups -OCH3 is 2. The van der Waals surface area contributed by atoms with Crippen LogP contribution in [0.15, 0.2) is 24.3 Å². The molecule has 0 saturated heterocycles. The molecule has 1 rings (SSSR count). The Morgan fingerprint density at radius 2 is 2.11 bits per heavy atom. The van der Waals surface area contributed by atoms with Crippen molar-refractivity contribution in [3.63, 3.8) is 0 Å². The molecule has 1 atom stereocenters. The fraction of sp³-hybridized carbons (Fsp3) is 0.500. The second-order valence-electron chi connectivity index (χ2n) is 4.22. The molecule has 0 aromatic heterocycles. The van der Waals surface area contributed by atoms with E-state index in [1.807, 2.05) is 18.2 Å². The molecule has 5 heteroatoms. The van der Waals surface area contributed by atoms with Crippen molar-refractivity contribution in [1.29, 1.82) is 0 Å². The van der Waals surface area contributed by atoms with Crippen LogP contribution in [0.3, 0.4) is 0 Å². The number of rotatable bonds is 8. The minimum absolute atomic E-state index is 0.109. The van der Waals surface area contributed by atoms with Crippen LogP contribution in [0.1, 0.15) is 15.9 Å². The van der Waals surface area contributed by atoms with Gasteiger partial charge in [0.2, 0.25) is 0 Å². The topological polar surface area (TPSA) is 73.6 Å². The number of hydrogen-bond acceptors (Lipinski definition) is 4. The van der Waals surface area contributed by atoms with E-state index >= 15 is 0 Å². The van der Waals surface area contributed by atoms with Gasteiger partial charge in [0.05, 0.1) is 12.7 Å². The molecule has 0 aliphatic heterocycles. The average molecular weight is 266 g/mol. The van der Waals surface area contributed by atoms with E-state index in [2.05, 4.69) is 5.32 Å². The van der Waals surface area contributed by atoms with E-state index < -0.39 is 0 Å². The zero-order chi connectivity index (χ0) is 14.1. The second kappa shape index (κ2) is 8.63. The highest BCUT2D eigenvalue weighted by Crippen LogP contribution is 2.09. The molecular weight excluding hydrogens is 244 g/mol. The molecule has 1 amide bonds. The van der Waals surface area contributed by atoms with E-state index in [0.717, 1.165) is 5.56 Å². The van der Waals surface area contributed by atoms with E-state index in [4.69, 9.17) is 15.2 Å². The lowest BCUT2D eigenvalue weighted by Crippen LogP contribution is -2.36. The van der Waals surface area contributed by atoms with E-state index in [9.17, 15) is 4.79 Å². The molecule has 106 valence electrons. The Kier molecular flexibility index (Phi) is 7.10. The van der Waals surface area contributed by atoms with E-state index in [1.165, 1.54) is 0 Å². The van der Waals surface area contributed by atoms with Crippen molar-refractivity contribution in [1.82, 2.24) is 5.32 Å². The standard InChI is InChI=1S/C14H22N2O3/c1-18-10-12(19-2)9-16-14(17)13-6-4-3-5-11(13)7-8-15/h3-6,12H,7-10,15H2,1-2H3,(H,16,17). The minimum Gasteiger partial charge on any atom is -0.382 e. The Morgan fingerprint density at radius 1 is 1.37 bits per heavy atom. The number of benzene rings is 1. The van der Waals surface area contributed by atoms with Crippen LogP contribution in [0.2, 0.25) is 0 Å². The first kappa shape index (κ1) is 15.6. The highest BCUT2D eigenvalue weighted by Gasteiger charge is 2.13. The summed E-state index contributed by atoms with van der Waals surface area (Å²) in [7, 11) is 3.20. The maximum Gasteiger partial charge on any atom is 0.251 e. The molecule has 1 aromatic carbocycles. The van der Waals surface area contributed by atoms with Gasteiger partial charge in [-0.1, -0.05) is 18.2 Å². The molecule has 0 aliphatic carbocycles. The summed E-state index contributed by atoms with van der Waals surface area (Å²) < 4.78 is 10.2. The van der Waals surface area contributed by atoms with Gasteiger partial charge in [0.1, 0.15) is 0 Å². The zero-order valence-electron chi connectivity index (χ0n) is 11.5. The summed E-state index contributed by atoms with van der Waals surface area (Å²) in [6, 6.07) is 7.48.